The molecule has 3 rings (SSSR count). The molecule has 2 atom stereocenters. The molecule has 0 spiro atoms. The third-order valence-electron chi connectivity index (χ3n) is 3.99. The quantitative estimate of drug-likeness (QED) is 0.525. The molecule has 18 heavy (non-hydrogen) atoms. The van der Waals surface area contributed by atoms with E-state index in [4.69, 9.17) is 11.6 Å². The molecule has 1 aliphatic carbocycles. The van der Waals surface area contributed by atoms with Gasteiger partial charge >= 0.3 is 0 Å². The Hall–Kier alpha value is -1.08. The predicted molar refractivity (Wildman–Crippen MR) is 77.2 cm³/mol. The molecule has 0 amide bonds. The number of aromatic nitrogens is 1. The average Bonchev–Trinajstić information content (AvgIpc) is 2.63. The molecular weight excluding hydrogens is 242 g/mol. The van der Waals surface area contributed by atoms with E-state index >= 15 is 0 Å². The molecule has 0 aliphatic heterocycles. The van der Waals surface area contributed by atoms with Gasteiger partial charge in [0.1, 0.15) is 0 Å². The van der Waals surface area contributed by atoms with E-state index in [1.807, 2.05) is 12.3 Å². The molecule has 1 aliphatic rings. The summed E-state index contributed by atoms with van der Waals surface area (Å²) in [6.45, 7) is 0. The van der Waals surface area contributed by atoms with Crippen molar-refractivity contribution in [2.45, 2.75) is 43.4 Å². The van der Waals surface area contributed by atoms with E-state index in [2.05, 4.69) is 29.2 Å². The third kappa shape index (κ3) is 2.37. The normalized spacial score (nSPS) is 24.9. The van der Waals surface area contributed by atoms with E-state index in [-0.39, 0.29) is 0 Å². The van der Waals surface area contributed by atoms with Gasteiger partial charge in [0.15, 0.2) is 0 Å². The van der Waals surface area contributed by atoms with Crippen LogP contribution in [-0.2, 0) is 0 Å². The second kappa shape index (κ2) is 5.27. The average molecular weight is 260 g/mol. The van der Waals surface area contributed by atoms with Crippen LogP contribution in [0.2, 0.25) is 0 Å². The first-order valence-electron chi connectivity index (χ1n) is 6.83. The maximum Gasteiger partial charge on any atom is 0.0702 e. The van der Waals surface area contributed by atoms with Crippen LogP contribution in [0.5, 0.6) is 0 Å². The minimum Gasteiger partial charge on any atom is -0.256 e. The van der Waals surface area contributed by atoms with Crippen molar-refractivity contribution < 1.29 is 0 Å². The van der Waals surface area contributed by atoms with Crippen molar-refractivity contribution in [2.24, 2.45) is 0 Å². The van der Waals surface area contributed by atoms with E-state index in [0.717, 1.165) is 11.9 Å². The maximum absolute atomic E-state index is 6.56. The van der Waals surface area contributed by atoms with Crippen molar-refractivity contribution in [2.75, 3.05) is 0 Å². The second-order valence-corrected chi connectivity index (χ2v) is 5.78. The highest BCUT2D eigenvalue weighted by atomic mass is 35.5. The summed E-state index contributed by atoms with van der Waals surface area (Å²) in [6, 6.07) is 10.7. The molecule has 0 radical (unpaired) electrons. The zero-order chi connectivity index (χ0) is 12.4. The monoisotopic (exact) mass is 259 g/mol. The number of alkyl halides is 1. The first-order chi connectivity index (χ1) is 8.84. The lowest BCUT2D eigenvalue weighted by molar-refractivity contribution is 0.600. The fraction of sp³-hybridized carbons (Fsp3) is 0.438. The molecule has 1 aromatic heterocycles. The van der Waals surface area contributed by atoms with Gasteiger partial charge < -0.3 is 0 Å². The van der Waals surface area contributed by atoms with Crippen LogP contribution >= 0.6 is 11.6 Å². The molecule has 1 fully saturated rings. The van der Waals surface area contributed by atoms with Crippen LogP contribution in [0.1, 0.15) is 43.6 Å². The summed E-state index contributed by atoms with van der Waals surface area (Å²) >= 11 is 6.56. The molecule has 0 saturated heterocycles. The molecule has 1 aromatic carbocycles. The second-order valence-electron chi connectivity index (χ2n) is 5.22. The van der Waals surface area contributed by atoms with Gasteiger partial charge in [-0.15, -0.1) is 11.6 Å². The van der Waals surface area contributed by atoms with E-state index < -0.39 is 0 Å². The van der Waals surface area contributed by atoms with E-state index in [1.165, 1.54) is 36.6 Å². The third-order valence-corrected chi connectivity index (χ3v) is 4.51. The Kier molecular flexibility index (Phi) is 3.51. The highest BCUT2D eigenvalue weighted by Crippen LogP contribution is 2.36. The lowest BCUT2D eigenvalue weighted by Crippen LogP contribution is -2.11. The van der Waals surface area contributed by atoms with Gasteiger partial charge in [0.05, 0.1) is 5.52 Å². The van der Waals surface area contributed by atoms with Crippen LogP contribution < -0.4 is 0 Å². The maximum atomic E-state index is 6.56. The van der Waals surface area contributed by atoms with Crippen molar-refractivity contribution >= 4 is 22.5 Å². The SMILES string of the molecule is ClC1CCCCCC1c1ccc2ncccc2c1. The topological polar surface area (TPSA) is 12.9 Å². The number of pyridine rings is 1. The molecule has 2 heteroatoms. The molecular formula is C16H18ClN. The first-order valence-corrected chi connectivity index (χ1v) is 7.27. The molecule has 1 nitrogen and oxygen atoms in total. The molecule has 1 heterocycles. The van der Waals surface area contributed by atoms with Crippen molar-refractivity contribution in [3.63, 3.8) is 0 Å². The van der Waals surface area contributed by atoms with Gasteiger partial charge in [0.25, 0.3) is 0 Å². The Morgan fingerprint density at radius 2 is 1.94 bits per heavy atom. The number of benzene rings is 1. The number of rotatable bonds is 1. The Balaban J connectivity index is 1.97. The largest absolute Gasteiger partial charge is 0.256 e. The van der Waals surface area contributed by atoms with Crippen LogP contribution in [-0.4, -0.2) is 10.4 Å². The number of fused-ring (bicyclic) bond motifs is 1. The molecule has 1 saturated carbocycles. The lowest BCUT2D eigenvalue weighted by atomic mass is 9.90. The Bertz CT molecular complexity index is 537. The predicted octanol–water partition coefficient (Wildman–Crippen LogP) is 4.89. The fourth-order valence-corrected chi connectivity index (χ4v) is 3.39. The summed E-state index contributed by atoms with van der Waals surface area (Å²) in [6.07, 6.45) is 8.13. The van der Waals surface area contributed by atoms with Crippen molar-refractivity contribution in [1.29, 1.82) is 0 Å². The number of hydrogen-bond donors (Lipinski definition) is 0. The smallest absolute Gasteiger partial charge is 0.0702 e. The minimum atomic E-state index is 0.293. The summed E-state index contributed by atoms with van der Waals surface area (Å²) in [5, 5.41) is 1.52. The Labute approximate surface area is 113 Å². The zero-order valence-corrected chi connectivity index (χ0v) is 11.2. The number of halogens is 1. The molecule has 2 unspecified atom stereocenters. The highest BCUT2D eigenvalue weighted by molar-refractivity contribution is 6.21. The van der Waals surface area contributed by atoms with E-state index in [9.17, 15) is 0 Å². The van der Waals surface area contributed by atoms with Gasteiger partial charge in [-0.05, 0) is 36.6 Å². The van der Waals surface area contributed by atoms with Crippen LogP contribution in [0.25, 0.3) is 10.9 Å². The standard InChI is InChI=1S/C16H18ClN/c17-15-7-3-1-2-6-14(15)12-8-9-16-13(11-12)5-4-10-18-16/h4-5,8-11,14-15H,1-3,6-7H2. The van der Waals surface area contributed by atoms with Gasteiger partial charge in [0.2, 0.25) is 0 Å². The van der Waals surface area contributed by atoms with Crippen LogP contribution in [0, 0.1) is 0 Å². The number of hydrogen-bond acceptors (Lipinski definition) is 1. The lowest BCUT2D eigenvalue weighted by Gasteiger charge is -2.20. The van der Waals surface area contributed by atoms with Gasteiger partial charge in [-0.1, -0.05) is 31.4 Å². The van der Waals surface area contributed by atoms with Crippen LogP contribution in [0.3, 0.4) is 0 Å². The fourth-order valence-electron chi connectivity index (χ4n) is 2.96. The van der Waals surface area contributed by atoms with Crippen LogP contribution in [0.15, 0.2) is 36.5 Å². The molecule has 0 bridgehead atoms. The molecule has 2 aromatic rings. The minimum absolute atomic E-state index is 0.293. The summed E-state index contributed by atoms with van der Waals surface area (Å²) in [5.41, 5.74) is 2.46. The van der Waals surface area contributed by atoms with Gasteiger partial charge in [-0.2, -0.15) is 0 Å². The van der Waals surface area contributed by atoms with Gasteiger partial charge in [0, 0.05) is 22.9 Å². The Morgan fingerprint density at radius 1 is 1.06 bits per heavy atom. The van der Waals surface area contributed by atoms with Crippen molar-refractivity contribution in [3.8, 4) is 0 Å². The van der Waals surface area contributed by atoms with Crippen molar-refractivity contribution in [1.82, 2.24) is 4.98 Å². The van der Waals surface area contributed by atoms with Crippen LogP contribution in [0.4, 0.5) is 0 Å². The zero-order valence-electron chi connectivity index (χ0n) is 10.5. The molecule has 0 N–H and O–H groups in total. The van der Waals surface area contributed by atoms with Crippen molar-refractivity contribution in [3.05, 3.63) is 42.1 Å². The summed E-state index contributed by atoms with van der Waals surface area (Å²) in [5.74, 6) is 0.513. The summed E-state index contributed by atoms with van der Waals surface area (Å²) < 4.78 is 0. The number of nitrogens with zero attached hydrogens (tertiary/aromatic N) is 1. The Morgan fingerprint density at radius 3 is 2.89 bits per heavy atom. The van der Waals surface area contributed by atoms with Gasteiger partial charge in [-0.3, -0.25) is 4.98 Å². The van der Waals surface area contributed by atoms with Gasteiger partial charge in [-0.25, -0.2) is 0 Å². The summed E-state index contributed by atoms with van der Waals surface area (Å²) in [7, 11) is 0. The summed E-state index contributed by atoms with van der Waals surface area (Å²) in [4.78, 5) is 4.37. The first kappa shape index (κ1) is 12.0. The van der Waals surface area contributed by atoms with E-state index in [1.54, 1.807) is 0 Å². The van der Waals surface area contributed by atoms with E-state index in [0.29, 0.717) is 11.3 Å². The molecule has 94 valence electrons. The highest BCUT2D eigenvalue weighted by Gasteiger charge is 2.23.